The molecule has 4 rings (SSSR count). The molecule has 1 aliphatic heterocycles. The van der Waals surface area contributed by atoms with Crippen LogP contribution in [0, 0.1) is 11.6 Å². The number of aromatic nitrogens is 1. The Morgan fingerprint density at radius 3 is 2.79 bits per heavy atom. The van der Waals surface area contributed by atoms with Gasteiger partial charge >= 0.3 is 0 Å². The fourth-order valence-corrected chi connectivity index (χ4v) is 4.22. The van der Waals surface area contributed by atoms with Crippen molar-refractivity contribution in [2.75, 3.05) is 31.0 Å². The molecule has 1 aromatic carbocycles. The minimum Gasteiger partial charge on any atom is -0.382 e. The molecule has 156 valence electrons. The quantitative estimate of drug-likeness (QED) is 0.563. The average molecular weight is 403 g/mol. The number of benzene rings is 1. The van der Waals surface area contributed by atoms with Gasteiger partial charge in [-0.3, -0.25) is 0 Å². The molecule has 7 heteroatoms. The molecule has 1 aliphatic carbocycles. The van der Waals surface area contributed by atoms with E-state index in [2.05, 4.69) is 28.3 Å². The van der Waals surface area contributed by atoms with Gasteiger partial charge in [-0.1, -0.05) is 6.08 Å². The summed E-state index contributed by atoms with van der Waals surface area (Å²) in [7, 11) is 3.76. The summed E-state index contributed by atoms with van der Waals surface area (Å²) in [5.74, 6) is -0.652. The lowest BCUT2D eigenvalue weighted by atomic mass is 10.0. The van der Waals surface area contributed by atoms with E-state index in [1.807, 2.05) is 6.08 Å². The summed E-state index contributed by atoms with van der Waals surface area (Å²) in [5, 5.41) is 6.68. The predicted molar refractivity (Wildman–Crippen MR) is 110 cm³/mol. The van der Waals surface area contributed by atoms with Crippen LogP contribution in [0.15, 0.2) is 24.3 Å². The first-order valence-electron chi connectivity index (χ1n) is 10.0. The maximum absolute atomic E-state index is 13.5. The first-order valence-corrected chi connectivity index (χ1v) is 10.0. The molecule has 29 heavy (non-hydrogen) atoms. The molecule has 2 atom stereocenters. The number of nitrogens with one attached hydrogen (secondary N) is 2. The van der Waals surface area contributed by atoms with Gasteiger partial charge in [-0.15, -0.1) is 0 Å². The Hall–Kier alpha value is -2.38. The average Bonchev–Trinajstić information content (AvgIpc) is 2.85. The van der Waals surface area contributed by atoms with Crippen LogP contribution in [0.3, 0.4) is 0 Å². The summed E-state index contributed by atoms with van der Waals surface area (Å²) >= 11 is 0. The summed E-state index contributed by atoms with van der Waals surface area (Å²) in [4.78, 5) is 0. The molecule has 0 saturated heterocycles. The Bertz CT molecular complexity index is 910. The van der Waals surface area contributed by atoms with Gasteiger partial charge in [0, 0.05) is 37.2 Å². The van der Waals surface area contributed by atoms with Crippen LogP contribution in [0.25, 0.3) is 6.08 Å². The Labute approximate surface area is 169 Å². The highest BCUT2D eigenvalue weighted by atomic mass is 19.2. The van der Waals surface area contributed by atoms with Crippen molar-refractivity contribution in [2.24, 2.45) is 7.05 Å². The fraction of sp³-hybridized carbons (Fsp3) is 0.455. The number of rotatable bonds is 6. The van der Waals surface area contributed by atoms with Crippen LogP contribution in [0.2, 0.25) is 0 Å². The van der Waals surface area contributed by atoms with Gasteiger partial charge in [0.05, 0.1) is 19.3 Å². The summed E-state index contributed by atoms with van der Waals surface area (Å²) in [6, 6.07) is 3.84. The van der Waals surface area contributed by atoms with Gasteiger partial charge in [-0.25, -0.2) is 8.78 Å². The lowest BCUT2D eigenvalue weighted by Gasteiger charge is -2.24. The Morgan fingerprint density at radius 2 is 2.00 bits per heavy atom. The molecular formula is C22H27F2N3O2. The maximum Gasteiger partial charge on any atom is 0.160 e. The van der Waals surface area contributed by atoms with Crippen LogP contribution in [0.1, 0.15) is 29.7 Å². The SMILES string of the molecule is COCCOC1CCc2c3c(n(C)c2CC1)NC(Nc1ccc(F)c(F)c1)C=C3. The van der Waals surface area contributed by atoms with Gasteiger partial charge in [0.25, 0.3) is 0 Å². The molecule has 2 unspecified atom stereocenters. The van der Waals surface area contributed by atoms with Crippen LogP contribution in [-0.2, 0) is 29.4 Å². The third-order valence-electron chi connectivity index (χ3n) is 5.72. The van der Waals surface area contributed by atoms with Gasteiger partial charge < -0.3 is 24.7 Å². The van der Waals surface area contributed by atoms with E-state index in [-0.39, 0.29) is 12.3 Å². The van der Waals surface area contributed by atoms with Crippen molar-refractivity contribution >= 4 is 17.6 Å². The zero-order chi connectivity index (χ0) is 20.4. The number of hydrogen-bond donors (Lipinski definition) is 2. The lowest BCUT2D eigenvalue weighted by molar-refractivity contribution is 0.0106. The number of anilines is 2. The van der Waals surface area contributed by atoms with E-state index < -0.39 is 11.6 Å². The third-order valence-corrected chi connectivity index (χ3v) is 5.72. The highest BCUT2D eigenvalue weighted by Gasteiger charge is 2.27. The van der Waals surface area contributed by atoms with Crippen molar-refractivity contribution in [1.82, 2.24) is 4.57 Å². The van der Waals surface area contributed by atoms with E-state index >= 15 is 0 Å². The van der Waals surface area contributed by atoms with E-state index in [9.17, 15) is 8.78 Å². The summed E-state index contributed by atoms with van der Waals surface area (Å²) < 4.78 is 39.9. The topological polar surface area (TPSA) is 47.5 Å². The number of methoxy groups -OCH3 is 1. The van der Waals surface area contributed by atoms with Gasteiger partial charge in [-0.05, 0) is 49.5 Å². The zero-order valence-electron chi connectivity index (χ0n) is 16.8. The molecule has 2 aliphatic rings. The normalized spacial score (nSPS) is 20.6. The molecular weight excluding hydrogens is 376 g/mol. The number of ether oxygens (including phenoxy) is 2. The molecule has 5 nitrogen and oxygen atoms in total. The molecule has 1 aromatic heterocycles. The van der Waals surface area contributed by atoms with Crippen molar-refractivity contribution in [3.8, 4) is 0 Å². The molecule has 2 N–H and O–H groups in total. The first-order chi connectivity index (χ1) is 14.1. The fourth-order valence-electron chi connectivity index (χ4n) is 4.22. The molecule has 2 heterocycles. The van der Waals surface area contributed by atoms with E-state index in [0.29, 0.717) is 18.9 Å². The summed E-state index contributed by atoms with van der Waals surface area (Å²) in [6.07, 6.45) is 8.13. The number of nitrogens with zero attached hydrogens (tertiary/aromatic N) is 1. The van der Waals surface area contributed by atoms with Gasteiger partial charge in [0.1, 0.15) is 12.0 Å². The maximum atomic E-state index is 13.5. The Kier molecular flexibility index (Phi) is 5.87. The van der Waals surface area contributed by atoms with E-state index in [0.717, 1.165) is 37.6 Å². The third kappa shape index (κ3) is 4.16. The molecule has 0 saturated carbocycles. The number of halogens is 2. The lowest BCUT2D eigenvalue weighted by Crippen LogP contribution is -2.29. The van der Waals surface area contributed by atoms with Crippen LogP contribution < -0.4 is 10.6 Å². The summed E-state index contributed by atoms with van der Waals surface area (Å²) in [5.41, 5.74) is 4.44. The van der Waals surface area contributed by atoms with E-state index in [1.54, 1.807) is 7.11 Å². The predicted octanol–water partition coefficient (Wildman–Crippen LogP) is 4.09. The van der Waals surface area contributed by atoms with Gasteiger partial charge in [0.2, 0.25) is 0 Å². The molecule has 0 fully saturated rings. The second-order valence-corrected chi connectivity index (χ2v) is 7.56. The van der Waals surface area contributed by atoms with Gasteiger partial charge in [0.15, 0.2) is 11.6 Å². The molecule has 0 bridgehead atoms. The highest BCUT2D eigenvalue weighted by Crippen LogP contribution is 2.36. The minimum atomic E-state index is -0.858. The van der Waals surface area contributed by atoms with E-state index in [4.69, 9.17) is 9.47 Å². The van der Waals surface area contributed by atoms with Crippen molar-refractivity contribution in [3.63, 3.8) is 0 Å². The van der Waals surface area contributed by atoms with Gasteiger partial charge in [-0.2, -0.15) is 0 Å². The van der Waals surface area contributed by atoms with Crippen LogP contribution >= 0.6 is 0 Å². The van der Waals surface area contributed by atoms with Crippen molar-refractivity contribution in [2.45, 2.75) is 38.0 Å². The van der Waals surface area contributed by atoms with E-state index in [1.165, 1.54) is 29.0 Å². The monoisotopic (exact) mass is 403 g/mol. The van der Waals surface area contributed by atoms with Crippen molar-refractivity contribution in [1.29, 1.82) is 0 Å². The molecule has 0 spiro atoms. The number of fused-ring (bicyclic) bond motifs is 3. The second kappa shape index (κ2) is 8.55. The summed E-state index contributed by atoms with van der Waals surface area (Å²) in [6.45, 7) is 1.26. The molecule has 0 radical (unpaired) electrons. The first kappa shape index (κ1) is 19.9. The van der Waals surface area contributed by atoms with Crippen LogP contribution in [0.5, 0.6) is 0 Å². The second-order valence-electron chi connectivity index (χ2n) is 7.56. The zero-order valence-corrected chi connectivity index (χ0v) is 16.8. The van der Waals surface area contributed by atoms with Crippen molar-refractivity contribution in [3.05, 3.63) is 52.7 Å². The minimum absolute atomic E-state index is 0.199. The van der Waals surface area contributed by atoms with Crippen molar-refractivity contribution < 1.29 is 18.3 Å². The highest BCUT2D eigenvalue weighted by molar-refractivity contribution is 5.74. The largest absolute Gasteiger partial charge is 0.382 e. The molecule has 0 amide bonds. The Balaban J connectivity index is 1.47. The van der Waals surface area contributed by atoms with Crippen LogP contribution in [0.4, 0.5) is 20.3 Å². The number of hydrogen-bond acceptors (Lipinski definition) is 4. The van der Waals surface area contributed by atoms with Crippen LogP contribution in [-0.4, -0.2) is 37.2 Å². The molecule has 2 aromatic rings. The smallest absolute Gasteiger partial charge is 0.160 e. The Morgan fingerprint density at radius 1 is 1.17 bits per heavy atom. The standard InChI is InChI=1S/C22H27F2N3O2/c1-27-20-9-5-15(29-12-11-28-2)4-6-16(20)17-7-10-21(26-22(17)27)25-14-3-8-18(23)19(24)13-14/h3,7-8,10,13,15,21,25-26H,4-6,9,11-12H2,1-2H3.